The van der Waals surface area contributed by atoms with Crippen LogP contribution in [0.1, 0.15) is 67.7 Å². The largest absolute Gasteiger partial charge is 0.453 e. The molecule has 0 aromatic heterocycles. The molecule has 2 N–H and O–H groups in total. The molecule has 3 aliphatic rings. The quantitative estimate of drug-likeness (QED) is 0.246. The minimum atomic E-state index is -4.67. The molecule has 260 valence electrons. The van der Waals surface area contributed by atoms with Gasteiger partial charge >= 0.3 is 18.0 Å². The summed E-state index contributed by atoms with van der Waals surface area (Å²) in [5, 5.41) is 13.8. The van der Waals surface area contributed by atoms with Gasteiger partial charge in [-0.1, -0.05) is 33.6 Å². The molecule has 12 atom stereocenters. The van der Waals surface area contributed by atoms with Gasteiger partial charge in [-0.05, 0) is 54.1 Å². The number of nitrogens with zero attached hydrogens (tertiary/aromatic N) is 1. The number of aliphatic hydroxyl groups excluding tert-OH is 1. The Kier molecular flexibility index (Phi) is 11.6. The number of carbonyl (C=O) groups is 4. The molecular formula is C32H48F2N2O10. The standard InChI is InChI=1S/C32H48F2N2O10/c1-11-13-42-30(7)15-16(3)22(37)18(5)24-31(8,46-29(41)35-24)21(12-2)44-28(40)32(33,34)25(39)19(6)26(30)45-27-23(38)20(36(9)10)14-17(4)43-27/h1,16-21,23-24,26-27,38H,12-15H2,2-10H3,(H,35,41)/t16-,17-,18-,19+,20+,21+,23-,24-,26-,27+,30+,31-/m1/s1. The van der Waals surface area contributed by atoms with Crippen LogP contribution in [0, 0.1) is 30.1 Å². The van der Waals surface area contributed by atoms with Crippen LogP contribution in [0.2, 0.25) is 0 Å². The fourth-order valence-electron chi connectivity index (χ4n) is 7.16. The van der Waals surface area contributed by atoms with E-state index in [-0.39, 0.29) is 25.2 Å². The molecule has 3 heterocycles. The molecule has 0 aliphatic carbocycles. The number of nitrogens with one attached hydrogen (secondary N) is 1. The molecule has 3 saturated heterocycles. The zero-order chi connectivity index (χ0) is 34.9. The van der Waals surface area contributed by atoms with Crippen LogP contribution >= 0.6 is 0 Å². The molecule has 0 unspecified atom stereocenters. The van der Waals surface area contributed by atoms with E-state index < -0.39 is 95.5 Å². The molecule has 3 fully saturated rings. The highest BCUT2D eigenvalue weighted by atomic mass is 19.3. The van der Waals surface area contributed by atoms with Crippen molar-refractivity contribution >= 4 is 23.6 Å². The van der Waals surface area contributed by atoms with Gasteiger partial charge in [-0.3, -0.25) is 9.59 Å². The number of amides is 1. The second kappa shape index (κ2) is 14.2. The molecule has 3 rings (SSSR count). The van der Waals surface area contributed by atoms with Gasteiger partial charge < -0.3 is 39.0 Å². The van der Waals surface area contributed by atoms with E-state index in [0.29, 0.717) is 6.42 Å². The lowest BCUT2D eigenvalue weighted by Gasteiger charge is -2.47. The third-order valence-corrected chi connectivity index (χ3v) is 9.69. The maximum absolute atomic E-state index is 15.8. The second-order valence-corrected chi connectivity index (χ2v) is 13.5. The summed E-state index contributed by atoms with van der Waals surface area (Å²) in [5.74, 6) is -10.3. The van der Waals surface area contributed by atoms with Gasteiger partial charge in [0.15, 0.2) is 11.9 Å². The molecule has 46 heavy (non-hydrogen) atoms. The van der Waals surface area contributed by atoms with Crippen LogP contribution in [-0.4, -0.2) is 114 Å². The minimum Gasteiger partial charge on any atom is -0.453 e. The number of terminal acetylenes is 1. The van der Waals surface area contributed by atoms with Crippen molar-refractivity contribution in [1.82, 2.24) is 10.2 Å². The highest BCUT2D eigenvalue weighted by Gasteiger charge is 2.61. The van der Waals surface area contributed by atoms with Gasteiger partial charge in [0.25, 0.3) is 0 Å². The summed E-state index contributed by atoms with van der Waals surface area (Å²) >= 11 is 0. The van der Waals surface area contributed by atoms with Crippen molar-refractivity contribution < 1.29 is 56.7 Å². The SMILES string of the molecule is C#CCO[C@@]1(C)C[C@@H](C)C(=O)[C@@H](C)[C@H]2NC(=O)O[C@]2(C)[C@H](CC)OC(=O)C(F)(F)C(=O)[C@H](C)[C@H]1O[C@@H]1O[C@H](C)C[C@H](N(C)C)[C@H]1O. The summed E-state index contributed by atoms with van der Waals surface area (Å²) in [7, 11) is 3.51. The highest BCUT2D eigenvalue weighted by molar-refractivity contribution is 6.06. The van der Waals surface area contributed by atoms with Gasteiger partial charge in [-0.2, -0.15) is 8.78 Å². The third kappa shape index (κ3) is 7.23. The predicted octanol–water partition coefficient (Wildman–Crippen LogP) is 2.48. The lowest BCUT2D eigenvalue weighted by Crippen LogP contribution is -2.61. The Labute approximate surface area is 269 Å². The Balaban J connectivity index is 2.18. The monoisotopic (exact) mass is 658 g/mol. The number of rotatable bonds is 6. The van der Waals surface area contributed by atoms with Gasteiger partial charge in [0, 0.05) is 17.9 Å². The summed E-state index contributed by atoms with van der Waals surface area (Å²) < 4.78 is 60.5. The van der Waals surface area contributed by atoms with Crippen LogP contribution in [0.25, 0.3) is 0 Å². The lowest BCUT2D eigenvalue weighted by atomic mass is 9.74. The average Bonchev–Trinajstić information content (AvgIpc) is 3.30. The molecule has 0 aromatic rings. The summed E-state index contributed by atoms with van der Waals surface area (Å²) in [6.07, 6.45) is -1.36. The van der Waals surface area contributed by atoms with E-state index in [2.05, 4.69) is 11.2 Å². The van der Waals surface area contributed by atoms with Gasteiger partial charge in [0.05, 0.1) is 29.8 Å². The number of ketones is 2. The third-order valence-electron chi connectivity index (χ3n) is 9.69. The average molecular weight is 659 g/mol. The first kappa shape index (κ1) is 37.8. The van der Waals surface area contributed by atoms with Crippen LogP contribution in [0.15, 0.2) is 0 Å². The summed E-state index contributed by atoms with van der Waals surface area (Å²) in [6, 6.07) is -1.52. The van der Waals surface area contributed by atoms with E-state index in [1.54, 1.807) is 39.8 Å². The maximum Gasteiger partial charge on any atom is 0.408 e. The number of aliphatic hydroxyl groups is 1. The second-order valence-electron chi connectivity index (χ2n) is 13.5. The van der Waals surface area contributed by atoms with Crippen LogP contribution < -0.4 is 5.32 Å². The molecule has 0 bridgehead atoms. The molecule has 0 radical (unpaired) electrons. The fraction of sp³-hybridized carbons (Fsp3) is 0.812. The number of alkyl carbamates (subject to hydrolysis) is 1. The summed E-state index contributed by atoms with van der Waals surface area (Å²) in [5.41, 5.74) is -3.42. The summed E-state index contributed by atoms with van der Waals surface area (Å²) in [4.78, 5) is 54.9. The number of fused-ring (bicyclic) bond motifs is 1. The Morgan fingerprint density at radius 3 is 2.30 bits per heavy atom. The highest BCUT2D eigenvalue weighted by Crippen LogP contribution is 2.41. The predicted molar refractivity (Wildman–Crippen MR) is 160 cm³/mol. The molecule has 12 nitrogen and oxygen atoms in total. The van der Waals surface area contributed by atoms with Crippen LogP contribution in [0.4, 0.5) is 13.6 Å². The van der Waals surface area contributed by atoms with E-state index >= 15 is 8.78 Å². The number of halogens is 2. The van der Waals surface area contributed by atoms with Gasteiger partial charge in [-0.15, -0.1) is 6.42 Å². The first-order valence-electron chi connectivity index (χ1n) is 15.6. The van der Waals surface area contributed by atoms with Crippen molar-refractivity contribution in [2.45, 2.75) is 128 Å². The number of hydrogen-bond acceptors (Lipinski definition) is 11. The van der Waals surface area contributed by atoms with Crippen LogP contribution in [0.5, 0.6) is 0 Å². The number of Topliss-reactive ketones (excluding diaryl/α,β-unsaturated/α-hetero) is 2. The van der Waals surface area contributed by atoms with Crippen molar-refractivity contribution in [3.8, 4) is 12.3 Å². The molecular weight excluding hydrogens is 610 g/mol. The van der Waals surface area contributed by atoms with Crippen molar-refractivity contribution in [3.63, 3.8) is 0 Å². The molecule has 0 saturated carbocycles. The first-order valence-corrected chi connectivity index (χ1v) is 15.6. The van der Waals surface area contributed by atoms with Crippen molar-refractivity contribution in [2.75, 3.05) is 20.7 Å². The lowest BCUT2D eigenvalue weighted by molar-refractivity contribution is -0.297. The number of alkyl halides is 2. The maximum atomic E-state index is 15.8. The molecule has 1 amide bonds. The Bertz CT molecular complexity index is 1210. The zero-order valence-corrected chi connectivity index (χ0v) is 28.0. The smallest absolute Gasteiger partial charge is 0.408 e. The molecule has 0 aromatic carbocycles. The van der Waals surface area contributed by atoms with E-state index in [1.165, 1.54) is 20.8 Å². The van der Waals surface area contributed by atoms with E-state index in [1.807, 2.05) is 0 Å². The normalized spacial score (nSPS) is 42.3. The number of ether oxygens (including phenoxy) is 5. The van der Waals surface area contributed by atoms with Gasteiger partial charge in [-0.25, -0.2) is 9.59 Å². The molecule has 0 spiro atoms. The Morgan fingerprint density at radius 2 is 1.74 bits per heavy atom. The van der Waals surface area contributed by atoms with E-state index in [4.69, 9.17) is 30.1 Å². The number of carbonyl (C=O) groups excluding carboxylic acids is 4. The first-order chi connectivity index (χ1) is 21.2. The Hall–Kier alpha value is -2.70. The van der Waals surface area contributed by atoms with Crippen LogP contribution in [0.3, 0.4) is 0 Å². The zero-order valence-electron chi connectivity index (χ0n) is 28.0. The van der Waals surface area contributed by atoms with Crippen molar-refractivity contribution in [3.05, 3.63) is 0 Å². The topological polar surface area (TPSA) is 150 Å². The van der Waals surface area contributed by atoms with Crippen molar-refractivity contribution in [2.24, 2.45) is 17.8 Å². The molecule has 3 aliphatic heterocycles. The van der Waals surface area contributed by atoms with Gasteiger partial charge in [0.2, 0.25) is 5.78 Å². The fourth-order valence-corrected chi connectivity index (χ4v) is 7.16. The summed E-state index contributed by atoms with van der Waals surface area (Å²) in [6.45, 7) is 10.1. The number of likely N-dealkylation sites (N-methyl/N-ethyl adjacent to an activating group) is 1. The van der Waals surface area contributed by atoms with Crippen LogP contribution in [-0.2, 0) is 38.1 Å². The van der Waals surface area contributed by atoms with E-state index in [0.717, 1.165) is 6.92 Å². The van der Waals surface area contributed by atoms with Gasteiger partial charge in [0.1, 0.15) is 24.6 Å². The number of esters is 1. The van der Waals surface area contributed by atoms with E-state index in [9.17, 15) is 24.3 Å². The Morgan fingerprint density at radius 1 is 1.11 bits per heavy atom. The van der Waals surface area contributed by atoms with Crippen molar-refractivity contribution in [1.29, 1.82) is 0 Å². The number of hydrogen-bond donors (Lipinski definition) is 2. The number of cyclic esters (lactones) is 1. The minimum absolute atomic E-state index is 0.0736. The molecule has 14 heteroatoms.